The van der Waals surface area contributed by atoms with Crippen LogP contribution in [0.2, 0.25) is 0 Å². The van der Waals surface area contributed by atoms with Crippen molar-refractivity contribution in [1.82, 2.24) is 0 Å². The first-order valence-electron chi connectivity index (χ1n) is 5.26. The van der Waals surface area contributed by atoms with Gasteiger partial charge in [-0.1, -0.05) is 6.07 Å². The Kier molecular flexibility index (Phi) is 5.34. The van der Waals surface area contributed by atoms with Crippen LogP contribution >= 0.6 is 0 Å². The van der Waals surface area contributed by atoms with E-state index in [1.807, 2.05) is 0 Å². The second-order valence-corrected chi connectivity index (χ2v) is 3.41. The first kappa shape index (κ1) is 14.5. The molecule has 0 aliphatic heterocycles. The Balaban J connectivity index is 2.54. The molecule has 0 saturated heterocycles. The van der Waals surface area contributed by atoms with Crippen LogP contribution in [0.15, 0.2) is 24.3 Å². The molecule has 102 valence electrons. The molecule has 0 fully saturated rings. The van der Waals surface area contributed by atoms with Gasteiger partial charge < -0.3 is 19.3 Å². The standard InChI is InChI=1S/C12H12O7/c1-8(13)17-7-12(16)19-10-4-2-3-9(5-10)18-6-11(14)15/h2-5H,6-7H2,1H3,(H,14,15). The van der Waals surface area contributed by atoms with Crippen LogP contribution < -0.4 is 9.47 Å². The van der Waals surface area contributed by atoms with Crippen molar-refractivity contribution in [3.05, 3.63) is 24.3 Å². The van der Waals surface area contributed by atoms with Gasteiger partial charge in [0.15, 0.2) is 13.2 Å². The lowest BCUT2D eigenvalue weighted by molar-refractivity contribution is -0.152. The van der Waals surface area contributed by atoms with E-state index in [0.29, 0.717) is 0 Å². The van der Waals surface area contributed by atoms with Gasteiger partial charge in [-0.15, -0.1) is 0 Å². The first-order chi connectivity index (χ1) is 8.97. The molecule has 7 nitrogen and oxygen atoms in total. The van der Waals surface area contributed by atoms with Gasteiger partial charge in [-0.25, -0.2) is 9.59 Å². The molecule has 0 aliphatic carbocycles. The minimum Gasteiger partial charge on any atom is -0.482 e. The number of hydrogen-bond acceptors (Lipinski definition) is 6. The van der Waals surface area contributed by atoms with Crippen molar-refractivity contribution in [1.29, 1.82) is 0 Å². The van der Waals surface area contributed by atoms with Crippen LogP contribution in [0, 0.1) is 0 Å². The molecule has 0 heterocycles. The topological polar surface area (TPSA) is 99.1 Å². The van der Waals surface area contributed by atoms with Gasteiger partial charge in [-0.3, -0.25) is 4.79 Å². The number of hydrogen-bond donors (Lipinski definition) is 1. The van der Waals surface area contributed by atoms with E-state index in [4.69, 9.17) is 14.6 Å². The van der Waals surface area contributed by atoms with Crippen LogP contribution in [-0.2, 0) is 19.1 Å². The summed E-state index contributed by atoms with van der Waals surface area (Å²) in [6, 6.07) is 5.89. The fourth-order valence-electron chi connectivity index (χ4n) is 1.09. The minimum absolute atomic E-state index is 0.167. The average molecular weight is 268 g/mol. The molecule has 0 aliphatic rings. The number of aliphatic carboxylic acids is 1. The zero-order valence-electron chi connectivity index (χ0n) is 10.1. The van der Waals surface area contributed by atoms with E-state index >= 15 is 0 Å². The van der Waals surface area contributed by atoms with E-state index in [-0.39, 0.29) is 11.5 Å². The maximum atomic E-state index is 11.3. The van der Waals surface area contributed by atoms with Gasteiger partial charge in [0, 0.05) is 13.0 Å². The van der Waals surface area contributed by atoms with Crippen LogP contribution in [0.3, 0.4) is 0 Å². The van der Waals surface area contributed by atoms with E-state index in [9.17, 15) is 14.4 Å². The van der Waals surface area contributed by atoms with Crippen LogP contribution in [0.25, 0.3) is 0 Å². The molecule has 0 unspecified atom stereocenters. The second-order valence-electron chi connectivity index (χ2n) is 3.41. The Morgan fingerprint density at radius 2 is 1.84 bits per heavy atom. The average Bonchev–Trinajstić information content (AvgIpc) is 2.34. The van der Waals surface area contributed by atoms with E-state index in [2.05, 4.69) is 4.74 Å². The molecule has 0 spiro atoms. The third-order valence-electron chi connectivity index (χ3n) is 1.79. The van der Waals surface area contributed by atoms with Gasteiger partial charge in [0.25, 0.3) is 0 Å². The summed E-state index contributed by atoms with van der Waals surface area (Å²) in [5, 5.41) is 8.45. The number of benzene rings is 1. The third kappa shape index (κ3) is 6.06. The molecule has 1 N–H and O–H groups in total. The summed E-state index contributed by atoms with van der Waals surface area (Å²) in [6.07, 6.45) is 0. The van der Waals surface area contributed by atoms with Crippen LogP contribution in [-0.4, -0.2) is 36.2 Å². The number of carbonyl (C=O) groups excluding carboxylic acids is 2. The molecule has 0 radical (unpaired) electrons. The smallest absolute Gasteiger partial charge is 0.349 e. The van der Waals surface area contributed by atoms with Crippen molar-refractivity contribution in [3.63, 3.8) is 0 Å². The predicted octanol–water partition coefficient (Wildman–Crippen LogP) is 0.619. The van der Waals surface area contributed by atoms with Gasteiger partial charge in [0.05, 0.1) is 0 Å². The monoisotopic (exact) mass is 268 g/mol. The molecule has 1 aromatic rings. The number of ether oxygens (including phenoxy) is 3. The van der Waals surface area contributed by atoms with E-state index < -0.39 is 31.1 Å². The Hall–Kier alpha value is -2.57. The third-order valence-corrected chi connectivity index (χ3v) is 1.79. The largest absolute Gasteiger partial charge is 0.482 e. The van der Waals surface area contributed by atoms with Gasteiger partial charge in [-0.05, 0) is 12.1 Å². The molecule has 0 bridgehead atoms. The normalized spacial score (nSPS) is 9.53. The number of carboxylic acid groups (broad SMARTS) is 1. The molecule has 0 amide bonds. The Bertz CT molecular complexity index is 481. The predicted molar refractivity (Wildman–Crippen MR) is 61.8 cm³/mol. The SMILES string of the molecule is CC(=O)OCC(=O)Oc1cccc(OCC(=O)O)c1. The molecule has 7 heteroatoms. The van der Waals surface area contributed by atoms with Crippen LogP contribution in [0.4, 0.5) is 0 Å². The Morgan fingerprint density at radius 3 is 2.47 bits per heavy atom. The van der Waals surface area contributed by atoms with E-state index in [1.54, 1.807) is 0 Å². The highest BCUT2D eigenvalue weighted by atomic mass is 16.6. The fourth-order valence-corrected chi connectivity index (χ4v) is 1.09. The lowest BCUT2D eigenvalue weighted by Crippen LogP contribution is -2.17. The van der Waals surface area contributed by atoms with Crippen LogP contribution in [0.5, 0.6) is 11.5 Å². The molecular formula is C12H12O7. The summed E-state index contributed by atoms with van der Waals surface area (Å²) < 4.78 is 14.2. The van der Waals surface area contributed by atoms with E-state index in [1.165, 1.54) is 31.2 Å². The van der Waals surface area contributed by atoms with Gasteiger partial charge in [0.1, 0.15) is 11.5 Å². The maximum Gasteiger partial charge on any atom is 0.349 e. The molecule has 19 heavy (non-hydrogen) atoms. The number of rotatable bonds is 6. The van der Waals surface area contributed by atoms with Crippen molar-refractivity contribution in [2.24, 2.45) is 0 Å². The molecule has 0 saturated carbocycles. The van der Waals surface area contributed by atoms with E-state index in [0.717, 1.165) is 0 Å². The maximum absolute atomic E-state index is 11.3. The highest BCUT2D eigenvalue weighted by molar-refractivity contribution is 5.77. The Labute approximate surface area is 108 Å². The van der Waals surface area contributed by atoms with Crippen molar-refractivity contribution in [2.75, 3.05) is 13.2 Å². The molecular weight excluding hydrogens is 256 g/mol. The zero-order valence-corrected chi connectivity index (χ0v) is 10.1. The molecule has 1 aromatic carbocycles. The highest BCUT2D eigenvalue weighted by Gasteiger charge is 2.08. The minimum atomic E-state index is -1.11. The van der Waals surface area contributed by atoms with Crippen molar-refractivity contribution < 1.29 is 33.7 Å². The number of carboxylic acids is 1. The van der Waals surface area contributed by atoms with Gasteiger partial charge in [0.2, 0.25) is 0 Å². The first-order valence-corrected chi connectivity index (χ1v) is 5.26. The van der Waals surface area contributed by atoms with Crippen molar-refractivity contribution >= 4 is 17.9 Å². The highest BCUT2D eigenvalue weighted by Crippen LogP contribution is 2.19. The summed E-state index contributed by atoms with van der Waals surface area (Å²) in [7, 11) is 0. The number of esters is 2. The van der Waals surface area contributed by atoms with Crippen molar-refractivity contribution in [3.8, 4) is 11.5 Å². The van der Waals surface area contributed by atoms with Gasteiger partial charge in [-0.2, -0.15) is 0 Å². The molecule has 0 atom stereocenters. The summed E-state index contributed by atoms with van der Waals surface area (Å²) in [5.74, 6) is -2.03. The van der Waals surface area contributed by atoms with Crippen molar-refractivity contribution in [2.45, 2.75) is 6.92 Å². The summed E-state index contributed by atoms with van der Waals surface area (Å²) in [6.45, 7) is 0.189. The second kappa shape index (κ2) is 7.00. The zero-order chi connectivity index (χ0) is 14.3. The molecule has 1 rings (SSSR count). The quantitative estimate of drug-likeness (QED) is 0.596. The summed E-state index contributed by atoms with van der Waals surface area (Å²) in [4.78, 5) is 32.1. The van der Waals surface area contributed by atoms with Crippen LogP contribution in [0.1, 0.15) is 6.92 Å². The lowest BCUT2D eigenvalue weighted by atomic mass is 10.3. The summed E-state index contributed by atoms with van der Waals surface area (Å²) in [5.41, 5.74) is 0. The Morgan fingerprint density at radius 1 is 1.16 bits per heavy atom. The fraction of sp³-hybridized carbons (Fsp3) is 0.250. The van der Waals surface area contributed by atoms with Gasteiger partial charge >= 0.3 is 17.9 Å². The summed E-state index contributed by atoms with van der Waals surface area (Å²) >= 11 is 0. The molecule has 0 aromatic heterocycles. The lowest BCUT2D eigenvalue weighted by Gasteiger charge is -2.07. The number of carbonyl (C=O) groups is 3.